The van der Waals surface area contributed by atoms with Gasteiger partial charge in [0.25, 0.3) is 0 Å². The smallest absolute Gasteiger partial charge is 0.399 e. The molecule has 0 N–H and O–H groups in total. The zero-order valence-electron chi connectivity index (χ0n) is 14.6. The maximum Gasteiger partial charge on any atom is 0.496 e. The Balaban J connectivity index is 1.78. The van der Waals surface area contributed by atoms with Crippen molar-refractivity contribution in [2.45, 2.75) is 38.9 Å². The van der Waals surface area contributed by atoms with E-state index in [-0.39, 0.29) is 11.2 Å². The summed E-state index contributed by atoms with van der Waals surface area (Å²) in [6, 6.07) is 1.92. The van der Waals surface area contributed by atoms with Gasteiger partial charge in [0, 0.05) is 37.8 Å². The van der Waals surface area contributed by atoms with Crippen molar-refractivity contribution in [3.05, 3.63) is 17.3 Å². The largest absolute Gasteiger partial charge is 0.496 e. The third kappa shape index (κ3) is 3.22. The molecular weight excluding hydrogens is 312 g/mol. The molecule has 0 amide bonds. The van der Waals surface area contributed by atoms with E-state index < -0.39 is 7.12 Å². The van der Waals surface area contributed by atoms with Crippen LogP contribution in [-0.4, -0.2) is 61.4 Å². The van der Waals surface area contributed by atoms with Crippen molar-refractivity contribution < 1.29 is 9.31 Å². The number of anilines is 1. The molecule has 7 heteroatoms. The number of hydrogen-bond acceptors (Lipinski definition) is 5. The maximum absolute atomic E-state index is 6.49. The summed E-state index contributed by atoms with van der Waals surface area (Å²) in [5.74, 6) is 0.847. The summed E-state index contributed by atoms with van der Waals surface area (Å²) in [7, 11) is 1.71. The first-order valence-electron chi connectivity index (χ1n) is 8.14. The SMILES string of the molecule is CN1CCN(c2ncc(B3OC(C)(C)C(C)(C)O3)cc2Cl)CC1. The minimum Gasteiger partial charge on any atom is -0.399 e. The van der Waals surface area contributed by atoms with E-state index in [0.717, 1.165) is 37.5 Å². The highest BCUT2D eigenvalue weighted by Gasteiger charge is 2.51. The van der Waals surface area contributed by atoms with Crippen molar-refractivity contribution >= 4 is 30.0 Å². The van der Waals surface area contributed by atoms with Crippen molar-refractivity contribution in [3.8, 4) is 0 Å². The number of hydrogen-bond donors (Lipinski definition) is 0. The molecule has 2 aliphatic rings. The molecule has 5 nitrogen and oxygen atoms in total. The molecule has 0 radical (unpaired) electrons. The van der Waals surface area contributed by atoms with Gasteiger partial charge < -0.3 is 19.1 Å². The molecule has 2 fully saturated rings. The number of halogens is 1. The van der Waals surface area contributed by atoms with Crippen LogP contribution in [-0.2, 0) is 9.31 Å². The van der Waals surface area contributed by atoms with Gasteiger partial charge >= 0.3 is 7.12 Å². The van der Waals surface area contributed by atoms with Gasteiger partial charge in [0.1, 0.15) is 5.82 Å². The number of nitrogens with zero attached hydrogens (tertiary/aromatic N) is 3. The predicted molar refractivity (Wildman–Crippen MR) is 94.7 cm³/mol. The lowest BCUT2D eigenvalue weighted by molar-refractivity contribution is 0.00578. The van der Waals surface area contributed by atoms with Crippen molar-refractivity contribution in [3.63, 3.8) is 0 Å². The van der Waals surface area contributed by atoms with Crippen LogP contribution in [0.15, 0.2) is 12.3 Å². The van der Waals surface area contributed by atoms with E-state index in [4.69, 9.17) is 20.9 Å². The van der Waals surface area contributed by atoms with Gasteiger partial charge in [0.2, 0.25) is 0 Å². The third-order valence-corrected chi connectivity index (χ3v) is 5.45. The second-order valence-corrected chi connectivity index (χ2v) is 7.86. The predicted octanol–water partition coefficient (Wildman–Crippen LogP) is 1.79. The highest BCUT2D eigenvalue weighted by Crippen LogP contribution is 2.36. The molecule has 2 aliphatic heterocycles. The fraction of sp³-hybridized carbons (Fsp3) is 0.688. The molecular formula is C16H25BClN3O2. The molecule has 0 aromatic carbocycles. The van der Waals surface area contributed by atoms with Gasteiger partial charge in [-0.25, -0.2) is 4.98 Å². The van der Waals surface area contributed by atoms with Gasteiger partial charge in [-0.05, 0) is 40.8 Å². The van der Waals surface area contributed by atoms with E-state index >= 15 is 0 Å². The Morgan fingerprint density at radius 3 is 2.17 bits per heavy atom. The fourth-order valence-electron chi connectivity index (χ4n) is 2.80. The molecule has 23 heavy (non-hydrogen) atoms. The number of pyridine rings is 1. The van der Waals surface area contributed by atoms with E-state index in [1.54, 1.807) is 0 Å². The molecule has 1 aromatic heterocycles. The Hall–Kier alpha value is -0.815. The summed E-state index contributed by atoms with van der Waals surface area (Å²) in [5.41, 5.74) is 0.145. The van der Waals surface area contributed by atoms with E-state index in [1.165, 1.54) is 0 Å². The molecule has 3 rings (SSSR count). The maximum atomic E-state index is 6.49. The highest BCUT2D eigenvalue weighted by molar-refractivity contribution is 6.62. The summed E-state index contributed by atoms with van der Waals surface area (Å²) >= 11 is 6.49. The van der Waals surface area contributed by atoms with Crippen LogP contribution in [0.25, 0.3) is 0 Å². The molecule has 126 valence electrons. The highest BCUT2D eigenvalue weighted by atomic mass is 35.5. The standard InChI is InChI=1S/C16H25BClN3O2/c1-15(2)16(3,4)23-17(22-15)12-10-13(18)14(19-11-12)21-8-6-20(5)7-9-21/h10-11H,6-9H2,1-5H3. The lowest BCUT2D eigenvalue weighted by atomic mass is 9.80. The molecule has 0 bridgehead atoms. The molecule has 1 aromatic rings. The number of rotatable bonds is 2. The summed E-state index contributed by atoms with van der Waals surface area (Å²) in [5, 5.41) is 0.654. The molecule has 0 spiro atoms. The van der Waals surface area contributed by atoms with Crippen molar-refractivity contribution in [2.75, 3.05) is 38.1 Å². The van der Waals surface area contributed by atoms with Crippen molar-refractivity contribution in [1.82, 2.24) is 9.88 Å². The van der Waals surface area contributed by atoms with Crippen LogP contribution in [0.2, 0.25) is 5.02 Å². The number of piperazine rings is 1. The molecule has 3 heterocycles. The van der Waals surface area contributed by atoms with E-state index in [9.17, 15) is 0 Å². The zero-order valence-corrected chi connectivity index (χ0v) is 15.4. The Kier molecular flexibility index (Phi) is 4.38. The van der Waals surface area contributed by atoms with Crippen LogP contribution in [0, 0.1) is 0 Å². The number of aromatic nitrogens is 1. The Labute approximate surface area is 144 Å². The van der Waals surface area contributed by atoms with Crippen molar-refractivity contribution in [1.29, 1.82) is 0 Å². The van der Waals surface area contributed by atoms with Crippen LogP contribution in [0.3, 0.4) is 0 Å². The second-order valence-electron chi connectivity index (χ2n) is 7.45. The van der Waals surface area contributed by atoms with Crippen LogP contribution >= 0.6 is 11.6 Å². The first-order chi connectivity index (χ1) is 10.7. The minimum absolute atomic E-state index is 0.361. The topological polar surface area (TPSA) is 37.8 Å². The molecule has 0 saturated carbocycles. The van der Waals surface area contributed by atoms with Gasteiger partial charge in [-0.15, -0.1) is 0 Å². The first-order valence-corrected chi connectivity index (χ1v) is 8.52. The Morgan fingerprint density at radius 1 is 1.09 bits per heavy atom. The van der Waals surface area contributed by atoms with Crippen LogP contribution in [0.4, 0.5) is 5.82 Å². The summed E-state index contributed by atoms with van der Waals surface area (Å²) < 4.78 is 12.1. The molecule has 2 saturated heterocycles. The van der Waals surface area contributed by atoms with Crippen LogP contribution < -0.4 is 10.4 Å². The molecule has 0 atom stereocenters. The zero-order chi connectivity index (χ0) is 16.8. The van der Waals surface area contributed by atoms with Gasteiger partial charge in [-0.3, -0.25) is 0 Å². The monoisotopic (exact) mass is 337 g/mol. The van der Waals surface area contributed by atoms with Gasteiger partial charge in [0.05, 0.1) is 16.2 Å². The van der Waals surface area contributed by atoms with E-state index in [0.29, 0.717) is 5.02 Å². The second kappa shape index (κ2) is 5.92. The summed E-state index contributed by atoms with van der Waals surface area (Å²) in [6.07, 6.45) is 1.82. The first kappa shape index (κ1) is 17.0. The summed E-state index contributed by atoms with van der Waals surface area (Å²) in [4.78, 5) is 9.12. The Bertz CT molecular complexity index is 573. The normalized spacial score (nSPS) is 24.3. The van der Waals surface area contributed by atoms with Crippen LogP contribution in [0.5, 0.6) is 0 Å². The van der Waals surface area contributed by atoms with E-state index in [1.807, 2.05) is 40.0 Å². The molecule has 0 unspecified atom stereocenters. The number of likely N-dealkylation sites (N-methyl/N-ethyl adjacent to an activating group) is 1. The average molecular weight is 338 g/mol. The average Bonchev–Trinajstić information content (AvgIpc) is 2.68. The fourth-order valence-corrected chi connectivity index (χ4v) is 3.10. The van der Waals surface area contributed by atoms with Gasteiger partial charge in [-0.2, -0.15) is 0 Å². The lowest BCUT2D eigenvalue weighted by Gasteiger charge is -2.33. The lowest BCUT2D eigenvalue weighted by Crippen LogP contribution is -2.45. The Morgan fingerprint density at radius 2 is 1.65 bits per heavy atom. The van der Waals surface area contributed by atoms with Crippen molar-refractivity contribution in [2.24, 2.45) is 0 Å². The summed E-state index contributed by atoms with van der Waals surface area (Å²) in [6.45, 7) is 12.1. The third-order valence-electron chi connectivity index (χ3n) is 5.17. The van der Waals surface area contributed by atoms with Gasteiger partial charge in [-0.1, -0.05) is 11.6 Å². The van der Waals surface area contributed by atoms with E-state index in [2.05, 4.69) is 21.8 Å². The van der Waals surface area contributed by atoms with Crippen LogP contribution in [0.1, 0.15) is 27.7 Å². The minimum atomic E-state index is -0.425. The van der Waals surface area contributed by atoms with Gasteiger partial charge in [0.15, 0.2) is 0 Å². The quantitative estimate of drug-likeness (QED) is 0.769. The molecule has 0 aliphatic carbocycles.